The van der Waals surface area contributed by atoms with Gasteiger partial charge in [0.05, 0.1) is 0 Å². The maximum Gasteiger partial charge on any atom is 0.0239 e. The second kappa shape index (κ2) is 6.41. The third-order valence-corrected chi connectivity index (χ3v) is 2.66. The molecule has 0 radical (unpaired) electrons. The molecule has 1 aromatic carbocycles. The molecule has 0 aliphatic carbocycles. The molecule has 1 nitrogen and oxygen atoms in total. The average molecular weight is 203 g/mol. The van der Waals surface area contributed by atoms with Crippen molar-refractivity contribution in [3.05, 3.63) is 42.0 Å². The lowest BCUT2D eigenvalue weighted by molar-refractivity contribution is 0.280. The first-order valence-corrected chi connectivity index (χ1v) is 5.74. The molecule has 1 aromatic rings. The molecule has 82 valence electrons. The zero-order valence-electron chi connectivity index (χ0n) is 9.87. The Morgan fingerprint density at radius 2 is 2.00 bits per heavy atom. The Morgan fingerprint density at radius 1 is 1.27 bits per heavy atom. The van der Waals surface area contributed by atoms with E-state index in [1.54, 1.807) is 0 Å². The van der Waals surface area contributed by atoms with Crippen LogP contribution in [0.4, 0.5) is 0 Å². The summed E-state index contributed by atoms with van der Waals surface area (Å²) in [4.78, 5) is 2.46. The van der Waals surface area contributed by atoms with E-state index in [9.17, 15) is 0 Å². The molecule has 1 heteroatoms. The lowest BCUT2D eigenvalue weighted by atomic mass is 10.1. The van der Waals surface area contributed by atoms with Gasteiger partial charge in [0.2, 0.25) is 0 Å². The van der Waals surface area contributed by atoms with Crippen molar-refractivity contribution in [1.29, 1.82) is 0 Å². The Morgan fingerprint density at radius 3 is 2.60 bits per heavy atom. The molecule has 0 N–H and O–H groups in total. The Bertz CT molecular complexity index is 304. The van der Waals surface area contributed by atoms with Crippen LogP contribution in [0, 0.1) is 0 Å². The SMILES string of the molecule is C=Cc1ccccc1CN(CC)CCC. The van der Waals surface area contributed by atoms with E-state index in [1.165, 1.54) is 24.1 Å². The molecule has 1 rings (SSSR count). The molecule has 0 saturated carbocycles. The number of benzene rings is 1. The van der Waals surface area contributed by atoms with Crippen molar-refractivity contribution in [3.63, 3.8) is 0 Å². The minimum absolute atomic E-state index is 1.03. The minimum Gasteiger partial charge on any atom is -0.299 e. The first-order chi connectivity index (χ1) is 7.31. The van der Waals surface area contributed by atoms with Gasteiger partial charge in [-0.15, -0.1) is 0 Å². The van der Waals surface area contributed by atoms with Gasteiger partial charge in [-0.1, -0.05) is 50.8 Å². The van der Waals surface area contributed by atoms with Crippen LogP contribution in [0.1, 0.15) is 31.4 Å². The molecule has 0 heterocycles. The maximum absolute atomic E-state index is 3.85. The molecule has 0 unspecified atom stereocenters. The summed E-state index contributed by atoms with van der Waals surface area (Å²) < 4.78 is 0. The molecular formula is C14H21N. The van der Waals surface area contributed by atoms with E-state index in [1.807, 2.05) is 6.08 Å². The smallest absolute Gasteiger partial charge is 0.0239 e. The largest absolute Gasteiger partial charge is 0.299 e. The third-order valence-electron chi connectivity index (χ3n) is 2.66. The van der Waals surface area contributed by atoms with Gasteiger partial charge in [-0.2, -0.15) is 0 Å². The number of hydrogen-bond acceptors (Lipinski definition) is 1. The fourth-order valence-electron chi connectivity index (χ4n) is 1.78. The highest BCUT2D eigenvalue weighted by atomic mass is 15.1. The third kappa shape index (κ3) is 3.52. The summed E-state index contributed by atoms with van der Waals surface area (Å²) in [5, 5.41) is 0. The van der Waals surface area contributed by atoms with Crippen molar-refractivity contribution in [1.82, 2.24) is 4.90 Å². The highest BCUT2D eigenvalue weighted by Gasteiger charge is 2.04. The normalized spacial score (nSPS) is 10.6. The van der Waals surface area contributed by atoms with Crippen molar-refractivity contribution in [2.24, 2.45) is 0 Å². The molecule has 0 aliphatic rings. The van der Waals surface area contributed by atoms with Crippen LogP contribution in [0.5, 0.6) is 0 Å². The quantitative estimate of drug-likeness (QED) is 0.683. The Labute approximate surface area is 93.4 Å². The summed E-state index contributed by atoms with van der Waals surface area (Å²) in [5.74, 6) is 0. The van der Waals surface area contributed by atoms with Gasteiger partial charge in [0.15, 0.2) is 0 Å². The first kappa shape index (κ1) is 12.0. The lowest BCUT2D eigenvalue weighted by Gasteiger charge is -2.20. The van der Waals surface area contributed by atoms with Gasteiger partial charge in [0, 0.05) is 6.54 Å². The summed E-state index contributed by atoms with van der Waals surface area (Å²) in [7, 11) is 0. The molecular weight excluding hydrogens is 182 g/mol. The fraction of sp³-hybridized carbons (Fsp3) is 0.429. The summed E-state index contributed by atoms with van der Waals surface area (Å²) in [6, 6.07) is 8.48. The lowest BCUT2D eigenvalue weighted by Crippen LogP contribution is -2.23. The molecule has 15 heavy (non-hydrogen) atoms. The van der Waals surface area contributed by atoms with E-state index in [2.05, 4.69) is 49.6 Å². The van der Waals surface area contributed by atoms with Crippen molar-refractivity contribution in [2.45, 2.75) is 26.8 Å². The fourth-order valence-corrected chi connectivity index (χ4v) is 1.78. The molecule has 0 saturated heterocycles. The van der Waals surface area contributed by atoms with E-state index in [4.69, 9.17) is 0 Å². The first-order valence-electron chi connectivity index (χ1n) is 5.74. The molecule has 0 aliphatic heterocycles. The van der Waals surface area contributed by atoms with Crippen LogP contribution < -0.4 is 0 Å². The monoisotopic (exact) mass is 203 g/mol. The minimum atomic E-state index is 1.03. The molecule has 0 bridgehead atoms. The molecule has 0 fully saturated rings. The van der Waals surface area contributed by atoms with Crippen LogP contribution in [0.25, 0.3) is 6.08 Å². The Hall–Kier alpha value is -1.08. The number of nitrogens with zero attached hydrogens (tertiary/aromatic N) is 1. The van der Waals surface area contributed by atoms with Gasteiger partial charge in [-0.3, -0.25) is 4.90 Å². The second-order valence-corrected chi connectivity index (χ2v) is 3.77. The molecule has 0 amide bonds. The van der Waals surface area contributed by atoms with Crippen LogP contribution in [0.15, 0.2) is 30.8 Å². The average Bonchev–Trinajstić information content (AvgIpc) is 2.29. The summed E-state index contributed by atoms with van der Waals surface area (Å²) in [6.45, 7) is 11.6. The zero-order valence-corrected chi connectivity index (χ0v) is 9.87. The van der Waals surface area contributed by atoms with Crippen LogP contribution in [0.2, 0.25) is 0 Å². The van der Waals surface area contributed by atoms with Crippen molar-refractivity contribution in [3.8, 4) is 0 Å². The molecule has 0 spiro atoms. The Kier molecular flexibility index (Phi) is 5.13. The highest BCUT2D eigenvalue weighted by molar-refractivity contribution is 5.51. The van der Waals surface area contributed by atoms with Crippen molar-refractivity contribution < 1.29 is 0 Å². The van der Waals surface area contributed by atoms with Gasteiger partial charge < -0.3 is 0 Å². The van der Waals surface area contributed by atoms with Gasteiger partial charge >= 0.3 is 0 Å². The predicted molar refractivity (Wildman–Crippen MR) is 67.8 cm³/mol. The van der Waals surface area contributed by atoms with Crippen LogP contribution in [-0.4, -0.2) is 18.0 Å². The Balaban J connectivity index is 2.73. The van der Waals surface area contributed by atoms with E-state index in [-0.39, 0.29) is 0 Å². The molecule has 0 atom stereocenters. The van der Waals surface area contributed by atoms with Crippen LogP contribution in [0.3, 0.4) is 0 Å². The molecule has 0 aromatic heterocycles. The standard InChI is InChI=1S/C14H21N/c1-4-11-15(6-3)12-14-10-8-7-9-13(14)5-2/h5,7-10H,2,4,6,11-12H2,1,3H3. The van der Waals surface area contributed by atoms with Gasteiger partial charge in [0.25, 0.3) is 0 Å². The number of rotatable bonds is 6. The number of hydrogen-bond donors (Lipinski definition) is 0. The highest BCUT2D eigenvalue weighted by Crippen LogP contribution is 2.12. The van der Waals surface area contributed by atoms with E-state index >= 15 is 0 Å². The van der Waals surface area contributed by atoms with E-state index in [0.29, 0.717) is 0 Å². The second-order valence-electron chi connectivity index (χ2n) is 3.77. The maximum atomic E-state index is 3.85. The van der Waals surface area contributed by atoms with Gasteiger partial charge in [-0.05, 0) is 30.6 Å². The van der Waals surface area contributed by atoms with E-state index < -0.39 is 0 Å². The van der Waals surface area contributed by atoms with Crippen LogP contribution in [-0.2, 0) is 6.54 Å². The van der Waals surface area contributed by atoms with Gasteiger partial charge in [0.1, 0.15) is 0 Å². The van der Waals surface area contributed by atoms with Crippen molar-refractivity contribution >= 4 is 6.08 Å². The summed E-state index contributed by atoms with van der Waals surface area (Å²) in [6.07, 6.45) is 3.15. The summed E-state index contributed by atoms with van der Waals surface area (Å²) in [5.41, 5.74) is 2.63. The summed E-state index contributed by atoms with van der Waals surface area (Å²) >= 11 is 0. The zero-order chi connectivity index (χ0) is 11.1. The van der Waals surface area contributed by atoms with Gasteiger partial charge in [-0.25, -0.2) is 0 Å². The van der Waals surface area contributed by atoms with Crippen molar-refractivity contribution in [2.75, 3.05) is 13.1 Å². The van der Waals surface area contributed by atoms with E-state index in [0.717, 1.165) is 13.1 Å². The van der Waals surface area contributed by atoms with Crippen LogP contribution >= 0.6 is 0 Å². The predicted octanol–water partition coefficient (Wildman–Crippen LogP) is 3.56. The topological polar surface area (TPSA) is 3.24 Å².